The van der Waals surface area contributed by atoms with E-state index in [1.54, 1.807) is 11.3 Å². The van der Waals surface area contributed by atoms with Gasteiger partial charge < -0.3 is 4.74 Å². The van der Waals surface area contributed by atoms with Crippen molar-refractivity contribution in [3.63, 3.8) is 0 Å². The third kappa shape index (κ3) is 2.58. The summed E-state index contributed by atoms with van der Waals surface area (Å²) in [4.78, 5) is 4.36. The molecule has 78 valence electrons. The molecule has 0 spiro atoms. The summed E-state index contributed by atoms with van der Waals surface area (Å²) in [5.74, 6) is 0.890. The number of halogens is 1. The maximum Gasteiger partial charge on any atom is 0.124 e. The molecule has 0 aliphatic carbocycles. The van der Waals surface area contributed by atoms with Gasteiger partial charge in [0, 0.05) is 10.9 Å². The summed E-state index contributed by atoms with van der Waals surface area (Å²) in [5, 5.41) is 2.98. The Morgan fingerprint density at radius 2 is 2.33 bits per heavy atom. The van der Waals surface area contributed by atoms with E-state index in [0.717, 1.165) is 20.9 Å². The number of hydrogen-bond acceptors (Lipinski definition) is 3. The van der Waals surface area contributed by atoms with Crippen LogP contribution in [0.4, 0.5) is 0 Å². The predicted octanol–water partition coefficient (Wildman–Crippen LogP) is 3.97. The van der Waals surface area contributed by atoms with Crippen molar-refractivity contribution in [1.82, 2.24) is 4.98 Å². The van der Waals surface area contributed by atoms with Crippen molar-refractivity contribution in [2.45, 2.75) is 6.92 Å². The predicted molar refractivity (Wildman–Crippen MR) is 66.4 cm³/mol. The van der Waals surface area contributed by atoms with Gasteiger partial charge in [-0.3, -0.25) is 0 Å². The fourth-order valence-electron chi connectivity index (χ4n) is 1.27. The Bertz CT molecular complexity index is 455. The summed E-state index contributed by atoms with van der Waals surface area (Å²) < 4.78 is 6.32. The minimum Gasteiger partial charge on any atom is -0.494 e. The van der Waals surface area contributed by atoms with Gasteiger partial charge in [-0.2, -0.15) is 0 Å². The molecule has 15 heavy (non-hydrogen) atoms. The fourth-order valence-corrected chi connectivity index (χ4v) is 2.52. The summed E-state index contributed by atoms with van der Waals surface area (Å²) in [6.45, 7) is 2.66. The van der Waals surface area contributed by atoms with Gasteiger partial charge in [0.1, 0.15) is 15.4 Å². The first-order valence-electron chi connectivity index (χ1n) is 4.64. The van der Waals surface area contributed by atoms with Crippen LogP contribution in [0.1, 0.15) is 6.92 Å². The van der Waals surface area contributed by atoms with Crippen LogP contribution < -0.4 is 4.74 Å². The Morgan fingerprint density at radius 3 is 3.00 bits per heavy atom. The van der Waals surface area contributed by atoms with E-state index >= 15 is 0 Å². The summed E-state index contributed by atoms with van der Waals surface area (Å²) in [6, 6.07) is 7.98. The van der Waals surface area contributed by atoms with E-state index in [-0.39, 0.29) is 0 Å². The number of thiazole rings is 1. The van der Waals surface area contributed by atoms with Crippen LogP contribution in [0.2, 0.25) is 0 Å². The van der Waals surface area contributed by atoms with Crippen LogP contribution in [-0.4, -0.2) is 11.6 Å². The highest BCUT2D eigenvalue weighted by molar-refractivity contribution is 9.10. The van der Waals surface area contributed by atoms with Crippen LogP contribution >= 0.6 is 27.3 Å². The average Bonchev–Trinajstić information content (AvgIpc) is 2.66. The van der Waals surface area contributed by atoms with E-state index in [1.807, 2.05) is 36.6 Å². The maximum absolute atomic E-state index is 5.44. The van der Waals surface area contributed by atoms with Gasteiger partial charge in [-0.15, -0.1) is 11.3 Å². The van der Waals surface area contributed by atoms with Crippen LogP contribution in [0.3, 0.4) is 0 Å². The molecular formula is C11H10BrNOS. The van der Waals surface area contributed by atoms with Gasteiger partial charge in [-0.05, 0) is 35.0 Å². The lowest BCUT2D eigenvalue weighted by Gasteiger charge is -2.03. The lowest BCUT2D eigenvalue weighted by molar-refractivity contribution is 0.340. The molecule has 0 aliphatic heterocycles. The van der Waals surface area contributed by atoms with E-state index < -0.39 is 0 Å². The third-order valence-electron chi connectivity index (χ3n) is 1.87. The average molecular weight is 284 g/mol. The molecule has 1 aromatic heterocycles. The molecule has 1 heterocycles. The van der Waals surface area contributed by atoms with Crippen molar-refractivity contribution < 1.29 is 4.74 Å². The largest absolute Gasteiger partial charge is 0.494 e. The van der Waals surface area contributed by atoms with Crippen LogP contribution in [0.5, 0.6) is 5.75 Å². The normalized spacial score (nSPS) is 10.3. The Hall–Kier alpha value is -0.870. The topological polar surface area (TPSA) is 22.1 Å². The molecule has 0 saturated carbocycles. The van der Waals surface area contributed by atoms with E-state index in [2.05, 4.69) is 20.9 Å². The van der Waals surface area contributed by atoms with Crippen molar-refractivity contribution in [2.75, 3.05) is 6.61 Å². The summed E-state index contributed by atoms with van der Waals surface area (Å²) in [6.07, 6.45) is 0. The Kier molecular flexibility index (Phi) is 3.38. The maximum atomic E-state index is 5.44. The smallest absolute Gasteiger partial charge is 0.124 e. The molecule has 0 atom stereocenters. The molecule has 1 aromatic carbocycles. The fraction of sp³-hybridized carbons (Fsp3) is 0.182. The molecule has 0 fully saturated rings. The second-order valence-corrected chi connectivity index (χ2v) is 4.61. The molecule has 0 unspecified atom stereocenters. The first-order chi connectivity index (χ1) is 7.29. The van der Waals surface area contributed by atoms with Gasteiger partial charge in [0.25, 0.3) is 0 Å². The van der Waals surface area contributed by atoms with Crippen LogP contribution in [0.15, 0.2) is 34.2 Å². The van der Waals surface area contributed by atoms with Gasteiger partial charge in [0.05, 0.1) is 6.61 Å². The molecule has 2 aromatic rings. The quantitative estimate of drug-likeness (QED) is 0.850. The van der Waals surface area contributed by atoms with Crippen molar-refractivity contribution in [1.29, 1.82) is 0 Å². The van der Waals surface area contributed by atoms with Crippen molar-refractivity contribution in [2.24, 2.45) is 0 Å². The molecular weight excluding hydrogens is 274 g/mol. The van der Waals surface area contributed by atoms with Gasteiger partial charge in [0.2, 0.25) is 0 Å². The standard InChI is InChI=1S/C11H10BrNOS/c1-2-14-9-5-3-4-8(6-9)11-13-10(12)7-15-11/h3-7H,2H2,1H3. The molecule has 0 saturated heterocycles. The SMILES string of the molecule is CCOc1cccc(-c2nc(Br)cs2)c1. The van der Waals surface area contributed by atoms with Crippen molar-refractivity contribution in [3.05, 3.63) is 34.2 Å². The van der Waals surface area contributed by atoms with E-state index in [9.17, 15) is 0 Å². The molecule has 2 rings (SSSR count). The number of ether oxygens (including phenoxy) is 1. The van der Waals surface area contributed by atoms with Gasteiger partial charge >= 0.3 is 0 Å². The minimum atomic E-state index is 0.686. The van der Waals surface area contributed by atoms with E-state index in [4.69, 9.17) is 4.74 Å². The number of rotatable bonds is 3. The zero-order valence-electron chi connectivity index (χ0n) is 8.24. The Balaban J connectivity index is 2.32. The highest BCUT2D eigenvalue weighted by Crippen LogP contribution is 2.28. The number of hydrogen-bond donors (Lipinski definition) is 0. The van der Waals surface area contributed by atoms with Gasteiger partial charge in [-0.1, -0.05) is 12.1 Å². The zero-order chi connectivity index (χ0) is 10.7. The highest BCUT2D eigenvalue weighted by atomic mass is 79.9. The molecule has 0 N–H and O–H groups in total. The molecule has 0 bridgehead atoms. The zero-order valence-corrected chi connectivity index (χ0v) is 10.6. The van der Waals surface area contributed by atoms with Crippen LogP contribution in [0, 0.1) is 0 Å². The van der Waals surface area contributed by atoms with Gasteiger partial charge in [0.15, 0.2) is 0 Å². The van der Waals surface area contributed by atoms with Crippen molar-refractivity contribution in [3.8, 4) is 16.3 Å². The lowest BCUT2D eigenvalue weighted by Crippen LogP contribution is -1.90. The van der Waals surface area contributed by atoms with Crippen LogP contribution in [-0.2, 0) is 0 Å². The molecule has 0 aliphatic rings. The Labute approximate surface area is 101 Å². The van der Waals surface area contributed by atoms with Gasteiger partial charge in [-0.25, -0.2) is 4.98 Å². The Morgan fingerprint density at radius 1 is 1.47 bits per heavy atom. The van der Waals surface area contributed by atoms with Crippen LogP contribution in [0.25, 0.3) is 10.6 Å². The summed E-state index contributed by atoms with van der Waals surface area (Å²) in [7, 11) is 0. The molecule has 4 heteroatoms. The second kappa shape index (κ2) is 4.77. The first-order valence-corrected chi connectivity index (χ1v) is 6.31. The minimum absolute atomic E-state index is 0.686. The summed E-state index contributed by atoms with van der Waals surface area (Å²) in [5.41, 5.74) is 1.09. The molecule has 0 radical (unpaired) electrons. The number of aromatic nitrogens is 1. The monoisotopic (exact) mass is 283 g/mol. The second-order valence-electron chi connectivity index (χ2n) is 2.94. The first kappa shape index (κ1) is 10.6. The summed E-state index contributed by atoms with van der Waals surface area (Å²) >= 11 is 4.96. The lowest BCUT2D eigenvalue weighted by atomic mass is 10.2. The third-order valence-corrected chi connectivity index (χ3v) is 3.47. The number of nitrogens with zero attached hydrogens (tertiary/aromatic N) is 1. The van der Waals surface area contributed by atoms with E-state index in [0.29, 0.717) is 6.61 Å². The molecule has 0 amide bonds. The highest BCUT2D eigenvalue weighted by Gasteiger charge is 2.03. The number of benzene rings is 1. The van der Waals surface area contributed by atoms with Crippen molar-refractivity contribution >= 4 is 27.3 Å². The van der Waals surface area contributed by atoms with E-state index in [1.165, 1.54) is 0 Å². The molecule has 2 nitrogen and oxygen atoms in total.